The molecule has 0 aliphatic carbocycles. The second-order valence-corrected chi connectivity index (χ2v) is 7.55. The third-order valence-corrected chi connectivity index (χ3v) is 5.32. The van der Waals surface area contributed by atoms with Crippen molar-refractivity contribution in [2.24, 2.45) is 5.73 Å². The van der Waals surface area contributed by atoms with Gasteiger partial charge in [0, 0.05) is 17.5 Å². The molecule has 1 heterocycles. The molecular weight excluding hydrogens is 362 g/mol. The first-order valence-corrected chi connectivity index (χ1v) is 9.47. The second kappa shape index (κ2) is 6.99. The van der Waals surface area contributed by atoms with Gasteiger partial charge in [0.2, 0.25) is 5.91 Å². The summed E-state index contributed by atoms with van der Waals surface area (Å²) >= 11 is 0. The highest BCUT2D eigenvalue weighted by Gasteiger charge is 2.20. The van der Waals surface area contributed by atoms with E-state index in [1.54, 1.807) is 24.3 Å². The molecule has 4 rings (SSSR count). The molecule has 0 aliphatic rings. The summed E-state index contributed by atoms with van der Waals surface area (Å²) in [6, 6.07) is 18.8. The zero-order valence-electron chi connectivity index (χ0n) is 16.3. The summed E-state index contributed by atoms with van der Waals surface area (Å²) in [5.41, 5.74) is 10.2. The fraction of sp³-hybridized carbons (Fsp3) is 0.167. The third kappa shape index (κ3) is 3.09. The lowest BCUT2D eigenvalue weighted by atomic mass is 9.99. The number of nitriles is 1. The minimum atomic E-state index is -0.534. The van der Waals surface area contributed by atoms with Gasteiger partial charge in [-0.05, 0) is 53.4 Å². The smallest absolute Gasteiger partial charge is 0.249 e. The number of phenolic OH excluding ortho intramolecular Hbond substituents is 1. The van der Waals surface area contributed by atoms with Crippen LogP contribution in [0.15, 0.2) is 54.6 Å². The van der Waals surface area contributed by atoms with E-state index < -0.39 is 5.91 Å². The van der Waals surface area contributed by atoms with E-state index in [4.69, 9.17) is 5.73 Å². The lowest BCUT2D eigenvalue weighted by Gasteiger charge is -2.11. The molecule has 0 bridgehead atoms. The lowest BCUT2D eigenvalue weighted by molar-refractivity contribution is 0.100. The number of rotatable bonds is 4. The first-order valence-electron chi connectivity index (χ1n) is 9.47. The third-order valence-electron chi connectivity index (χ3n) is 5.32. The average molecular weight is 383 g/mol. The quantitative estimate of drug-likeness (QED) is 0.537. The molecule has 3 N–H and O–H groups in total. The van der Waals surface area contributed by atoms with Crippen LogP contribution in [0.5, 0.6) is 5.75 Å². The number of aromatic hydroxyl groups is 1. The molecule has 5 heteroatoms. The van der Waals surface area contributed by atoms with Crippen LogP contribution in [0.1, 0.15) is 46.8 Å². The van der Waals surface area contributed by atoms with Crippen LogP contribution >= 0.6 is 0 Å². The van der Waals surface area contributed by atoms with Gasteiger partial charge >= 0.3 is 0 Å². The zero-order valence-corrected chi connectivity index (χ0v) is 16.3. The molecule has 29 heavy (non-hydrogen) atoms. The Balaban J connectivity index is 2.09. The fourth-order valence-corrected chi connectivity index (χ4v) is 3.89. The SMILES string of the molecule is CC(C)c1cc(O)c2c3c(C(N)=O)cccc3n(Cc3cccc(C#N)c3)c2c1. The summed E-state index contributed by atoms with van der Waals surface area (Å²) in [6.45, 7) is 4.64. The van der Waals surface area contributed by atoms with E-state index in [0.717, 1.165) is 22.2 Å². The minimum absolute atomic E-state index is 0.134. The molecule has 1 amide bonds. The van der Waals surface area contributed by atoms with E-state index in [1.165, 1.54) is 0 Å². The zero-order chi connectivity index (χ0) is 20.7. The number of fused-ring (bicyclic) bond motifs is 3. The highest BCUT2D eigenvalue weighted by Crippen LogP contribution is 2.39. The Morgan fingerprint density at radius 3 is 2.55 bits per heavy atom. The van der Waals surface area contributed by atoms with Gasteiger partial charge in [-0.1, -0.05) is 32.0 Å². The van der Waals surface area contributed by atoms with Crippen molar-refractivity contribution in [3.05, 3.63) is 76.9 Å². The van der Waals surface area contributed by atoms with Crippen LogP contribution in [-0.4, -0.2) is 15.6 Å². The fourth-order valence-electron chi connectivity index (χ4n) is 3.89. The maximum absolute atomic E-state index is 12.1. The second-order valence-electron chi connectivity index (χ2n) is 7.55. The largest absolute Gasteiger partial charge is 0.507 e. The first-order chi connectivity index (χ1) is 13.9. The molecule has 0 fully saturated rings. The molecule has 0 spiro atoms. The van der Waals surface area contributed by atoms with Crippen LogP contribution in [0.25, 0.3) is 21.8 Å². The number of aromatic nitrogens is 1. The summed E-state index contributed by atoms with van der Waals surface area (Å²) < 4.78 is 2.07. The van der Waals surface area contributed by atoms with Crippen molar-refractivity contribution in [1.82, 2.24) is 4.57 Å². The van der Waals surface area contributed by atoms with Crippen molar-refractivity contribution in [3.8, 4) is 11.8 Å². The summed E-state index contributed by atoms with van der Waals surface area (Å²) in [4.78, 5) is 12.1. The van der Waals surface area contributed by atoms with Crippen LogP contribution in [0.4, 0.5) is 0 Å². The summed E-state index contributed by atoms with van der Waals surface area (Å²) in [7, 11) is 0. The monoisotopic (exact) mass is 383 g/mol. The summed E-state index contributed by atoms with van der Waals surface area (Å²) in [5, 5.41) is 21.4. The number of benzene rings is 3. The maximum atomic E-state index is 12.1. The van der Waals surface area contributed by atoms with Crippen molar-refractivity contribution in [2.75, 3.05) is 0 Å². The Hall–Kier alpha value is -3.78. The number of carbonyl (C=O) groups is 1. The predicted molar refractivity (Wildman–Crippen MR) is 114 cm³/mol. The number of nitrogens with zero attached hydrogens (tertiary/aromatic N) is 2. The van der Waals surface area contributed by atoms with E-state index in [1.807, 2.05) is 24.3 Å². The van der Waals surface area contributed by atoms with Gasteiger partial charge in [-0.3, -0.25) is 4.79 Å². The molecule has 0 unspecified atom stereocenters. The van der Waals surface area contributed by atoms with Gasteiger partial charge in [-0.15, -0.1) is 0 Å². The van der Waals surface area contributed by atoms with Gasteiger partial charge in [0.25, 0.3) is 0 Å². The van der Waals surface area contributed by atoms with Crippen molar-refractivity contribution in [2.45, 2.75) is 26.3 Å². The minimum Gasteiger partial charge on any atom is -0.507 e. The molecule has 0 saturated heterocycles. The standard InChI is InChI=1S/C24H21N3O2/c1-14(2)17-10-20-23(21(28)11-17)22-18(24(26)29)7-4-8-19(22)27(20)13-16-6-3-5-15(9-16)12-25/h3-11,14,28H,13H2,1-2H3,(H2,26,29). The number of hydrogen-bond donors (Lipinski definition) is 2. The van der Waals surface area contributed by atoms with E-state index in [2.05, 4.69) is 30.6 Å². The Kier molecular flexibility index (Phi) is 4.48. The van der Waals surface area contributed by atoms with Crippen LogP contribution in [0.2, 0.25) is 0 Å². The van der Waals surface area contributed by atoms with Gasteiger partial charge in [0.05, 0.1) is 28.1 Å². The molecule has 0 radical (unpaired) electrons. The summed E-state index contributed by atoms with van der Waals surface area (Å²) in [5.74, 6) is -0.169. The van der Waals surface area contributed by atoms with Gasteiger partial charge in [0.15, 0.2) is 0 Å². The average Bonchev–Trinajstić information content (AvgIpc) is 3.02. The molecule has 144 valence electrons. The van der Waals surface area contributed by atoms with Gasteiger partial charge in [0.1, 0.15) is 5.75 Å². The van der Waals surface area contributed by atoms with Gasteiger partial charge in [-0.2, -0.15) is 5.26 Å². The number of hydrogen-bond acceptors (Lipinski definition) is 3. The van der Waals surface area contributed by atoms with E-state index in [9.17, 15) is 15.2 Å². The summed E-state index contributed by atoms with van der Waals surface area (Å²) in [6.07, 6.45) is 0. The number of nitrogens with two attached hydrogens (primary N) is 1. The Morgan fingerprint density at radius 1 is 1.10 bits per heavy atom. The number of primary amides is 1. The molecule has 1 aromatic heterocycles. The number of phenols is 1. The molecule has 5 nitrogen and oxygen atoms in total. The normalized spacial score (nSPS) is 11.2. The Labute approximate surface area is 168 Å². The van der Waals surface area contributed by atoms with E-state index >= 15 is 0 Å². The van der Waals surface area contributed by atoms with Gasteiger partial charge < -0.3 is 15.4 Å². The molecule has 0 saturated carbocycles. The highest BCUT2D eigenvalue weighted by atomic mass is 16.3. The van der Waals surface area contributed by atoms with Crippen molar-refractivity contribution in [1.29, 1.82) is 5.26 Å². The van der Waals surface area contributed by atoms with Crippen molar-refractivity contribution in [3.63, 3.8) is 0 Å². The molecule has 4 aromatic rings. The predicted octanol–water partition coefficient (Wildman–Crippen LogP) is 4.64. The van der Waals surface area contributed by atoms with Crippen molar-refractivity contribution < 1.29 is 9.90 Å². The topological polar surface area (TPSA) is 92.0 Å². The number of carbonyl (C=O) groups excluding carboxylic acids is 1. The Morgan fingerprint density at radius 2 is 1.86 bits per heavy atom. The molecule has 3 aromatic carbocycles. The number of amides is 1. The molecule has 0 aliphatic heterocycles. The molecular formula is C24H21N3O2. The van der Waals surface area contributed by atoms with Crippen LogP contribution in [0, 0.1) is 11.3 Å². The van der Waals surface area contributed by atoms with E-state index in [0.29, 0.717) is 28.4 Å². The van der Waals surface area contributed by atoms with E-state index in [-0.39, 0.29) is 11.7 Å². The van der Waals surface area contributed by atoms with Crippen LogP contribution < -0.4 is 5.73 Å². The highest BCUT2D eigenvalue weighted by molar-refractivity contribution is 6.19. The van der Waals surface area contributed by atoms with Crippen LogP contribution in [0.3, 0.4) is 0 Å². The van der Waals surface area contributed by atoms with Crippen LogP contribution in [-0.2, 0) is 6.54 Å². The maximum Gasteiger partial charge on any atom is 0.249 e. The lowest BCUT2D eigenvalue weighted by Crippen LogP contribution is -2.11. The van der Waals surface area contributed by atoms with Gasteiger partial charge in [-0.25, -0.2) is 0 Å². The molecule has 0 atom stereocenters. The first kappa shape index (κ1) is 18.6. The van der Waals surface area contributed by atoms with Crippen molar-refractivity contribution >= 4 is 27.7 Å². The Bertz CT molecular complexity index is 1310.